The monoisotopic (exact) mass is 156 g/mol. The fraction of sp³-hybridized carbons (Fsp3) is 0.400. The molecule has 6 nitrogen and oxygen atoms in total. The summed E-state index contributed by atoms with van der Waals surface area (Å²) in [5.74, 6) is 0. The van der Waals surface area contributed by atoms with Crippen LogP contribution in [0.15, 0.2) is 0 Å². The Bertz CT molecular complexity index is 191. The lowest BCUT2D eigenvalue weighted by Gasteiger charge is -2.08. The van der Waals surface area contributed by atoms with Gasteiger partial charge in [0.05, 0.1) is 0 Å². The zero-order valence-corrected chi connectivity index (χ0v) is 6.21. The molecule has 0 aromatic heterocycles. The van der Waals surface area contributed by atoms with Gasteiger partial charge in [0.25, 0.3) is 0 Å². The van der Waals surface area contributed by atoms with Crippen LogP contribution in [0.1, 0.15) is 0 Å². The van der Waals surface area contributed by atoms with Crippen LogP contribution in [-0.4, -0.2) is 31.1 Å². The van der Waals surface area contributed by atoms with Crippen molar-refractivity contribution in [3.8, 4) is 6.19 Å². The molecule has 0 aliphatic heterocycles. The molecule has 0 saturated heterocycles. The number of nitrogens with zero attached hydrogens (tertiary/aromatic N) is 2. The van der Waals surface area contributed by atoms with Crippen LogP contribution >= 0.6 is 0 Å². The summed E-state index contributed by atoms with van der Waals surface area (Å²) in [4.78, 5) is 21.7. The van der Waals surface area contributed by atoms with E-state index in [1.165, 1.54) is 20.3 Å². The van der Waals surface area contributed by atoms with Crippen molar-refractivity contribution in [3.63, 3.8) is 0 Å². The molecular weight excluding hydrogens is 148 g/mol. The molecule has 0 saturated carbocycles. The van der Waals surface area contributed by atoms with Crippen LogP contribution in [-0.2, 0) is 0 Å². The second kappa shape index (κ2) is 4.11. The fourth-order valence-corrected chi connectivity index (χ4v) is 0.407. The van der Waals surface area contributed by atoms with Gasteiger partial charge in [-0.05, 0) is 0 Å². The van der Waals surface area contributed by atoms with Gasteiger partial charge in [-0.1, -0.05) is 0 Å². The number of nitriles is 1. The van der Waals surface area contributed by atoms with Crippen LogP contribution in [0, 0.1) is 11.5 Å². The highest BCUT2D eigenvalue weighted by Gasteiger charge is 2.17. The van der Waals surface area contributed by atoms with Gasteiger partial charge in [-0.25, -0.2) is 9.59 Å². The van der Waals surface area contributed by atoms with E-state index in [4.69, 9.17) is 5.26 Å². The minimum Gasteiger partial charge on any atom is -0.340 e. The molecule has 6 heteroatoms. The first-order valence-electron chi connectivity index (χ1n) is 2.80. The molecule has 60 valence electrons. The van der Waals surface area contributed by atoms with Gasteiger partial charge in [0.1, 0.15) is 0 Å². The van der Waals surface area contributed by atoms with Gasteiger partial charge in [0, 0.05) is 14.1 Å². The van der Waals surface area contributed by atoms with Gasteiger partial charge in [-0.3, -0.25) is 0 Å². The molecule has 0 aliphatic rings. The largest absolute Gasteiger partial charge is 0.340 e. The van der Waals surface area contributed by atoms with Crippen molar-refractivity contribution in [2.75, 3.05) is 14.1 Å². The van der Waals surface area contributed by atoms with Crippen molar-refractivity contribution in [3.05, 3.63) is 0 Å². The van der Waals surface area contributed by atoms with Gasteiger partial charge in [-0.15, -0.1) is 4.90 Å². The molecule has 0 fully saturated rings. The number of hydrogen-bond acceptors (Lipinski definition) is 3. The quantitative estimate of drug-likeness (QED) is 0.364. The highest BCUT2D eigenvalue weighted by molar-refractivity contribution is 5.95. The van der Waals surface area contributed by atoms with Gasteiger partial charge in [0.15, 0.2) is 6.19 Å². The average molecular weight is 156 g/mol. The Kier molecular flexibility index (Phi) is 3.45. The van der Waals surface area contributed by atoms with Crippen molar-refractivity contribution in [2.24, 2.45) is 0 Å². The smallest absolute Gasteiger partial charge is 0.338 e. The van der Waals surface area contributed by atoms with E-state index in [-0.39, 0.29) is 0 Å². The Morgan fingerprint density at radius 1 is 1.27 bits per heavy atom. The van der Waals surface area contributed by atoms with Crippen molar-refractivity contribution in [1.29, 1.82) is 5.26 Å². The number of hydrogen-bond donors (Lipinski definition) is 2. The zero-order valence-electron chi connectivity index (χ0n) is 6.21. The van der Waals surface area contributed by atoms with Crippen LogP contribution in [0.4, 0.5) is 9.59 Å². The molecule has 0 unspecified atom stereocenters. The first-order valence-corrected chi connectivity index (χ1v) is 2.80. The summed E-state index contributed by atoms with van der Waals surface area (Å²) >= 11 is 0. The normalized spacial score (nSPS) is 7.73. The molecule has 2 N–H and O–H groups in total. The lowest BCUT2D eigenvalue weighted by atomic mass is 10.7. The maximum atomic E-state index is 10.7. The summed E-state index contributed by atoms with van der Waals surface area (Å²) in [7, 11) is 2.66. The zero-order chi connectivity index (χ0) is 8.85. The van der Waals surface area contributed by atoms with Gasteiger partial charge in [-0.2, -0.15) is 5.26 Å². The summed E-state index contributed by atoms with van der Waals surface area (Å²) in [6.45, 7) is 0. The second-order valence-corrected chi connectivity index (χ2v) is 1.55. The number of carbonyl (C=O) groups is 2. The van der Waals surface area contributed by atoms with E-state index in [1.54, 1.807) is 0 Å². The van der Waals surface area contributed by atoms with Crippen LogP contribution < -0.4 is 10.6 Å². The molecule has 0 radical (unpaired) electrons. The van der Waals surface area contributed by atoms with Gasteiger partial charge in [0.2, 0.25) is 0 Å². The maximum Gasteiger partial charge on any atom is 0.338 e. The Morgan fingerprint density at radius 2 is 1.64 bits per heavy atom. The van der Waals surface area contributed by atoms with E-state index in [1.807, 2.05) is 0 Å². The predicted molar refractivity (Wildman–Crippen MR) is 36.4 cm³/mol. The van der Waals surface area contributed by atoms with Crippen LogP contribution in [0.5, 0.6) is 0 Å². The Morgan fingerprint density at radius 3 is 1.82 bits per heavy atom. The molecule has 0 bridgehead atoms. The third kappa shape index (κ3) is 2.14. The Hall–Kier alpha value is -1.77. The molecule has 0 spiro atoms. The van der Waals surface area contributed by atoms with Crippen LogP contribution in [0.25, 0.3) is 0 Å². The van der Waals surface area contributed by atoms with Gasteiger partial charge < -0.3 is 10.6 Å². The number of amides is 4. The van der Waals surface area contributed by atoms with E-state index in [0.29, 0.717) is 4.90 Å². The van der Waals surface area contributed by atoms with E-state index in [9.17, 15) is 9.59 Å². The summed E-state index contributed by atoms with van der Waals surface area (Å²) in [5, 5.41) is 12.6. The lowest BCUT2D eigenvalue weighted by Crippen LogP contribution is -2.43. The van der Waals surface area contributed by atoms with Crippen LogP contribution in [0.2, 0.25) is 0 Å². The molecule has 4 amide bonds. The number of carbonyl (C=O) groups excluding carboxylic acids is 2. The first-order chi connectivity index (χ1) is 5.17. The molecule has 11 heavy (non-hydrogen) atoms. The van der Waals surface area contributed by atoms with E-state index >= 15 is 0 Å². The third-order valence-corrected chi connectivity index (χ3v) is 0.934. The Labute approximate surface area is 63.8 Å². The molecule has 0 aliphatic carbocycles. The standard InChI is InChI=1S/C5H8N4O2/c1-7-4(10)9(3-6)5(11)8-2/h1-2H3,(H,7,10)(H,8,11). The molecular formula is C5H8N4O2. The minimum absolute atomic E-state index is 0.375. The number of urea groups is 2. The van der Waals surface area contributed by atoms with Crippen LogP contribution in [0.3, 0.4) is 0 Å². The Balaban J connectivity index is 4.31. The SMILES string of the molecule is CNC(=O)N(C#N)C(=O)NC. The van der Waals surface area contributed by atoms with Crippen molar-refractivity contribution < 1.29 is 9.59 Å². The number of nitrogens with one attached hydrogen (secondary N) is 2. The van der Waals surface area contributed by atoms with Gasteiger partial charge >= 0.3 is 12.1 Å². The third-order valence-electron chi connectivity index (χ3n) is 0.934. The highest BCUT2D eigenvalue weighted by atomic mass is 16.2. The van der Waals surface area contributed by atoms with Crippen molar-refractivity contribution in [2.45, 2.75) is 0 Å². The predicted octanol–water partition coefficient (Wildman–Crippen LogP) is -0.552. The summed E-state index contributed by atoms with van der Waals surface area (Å²) in [6, 6.07) is -1.52. The second-order valence-electron chi connectivity index (χ2n) is 1.55. The molecule has 0 aromatic carbocycles. The summed E-state index contributed by atoms with van der Waals surface area (Å²) in [6.07, 6.45) is 1.41. The van der Waals surface area contributed by atoms with Crippen molar-refractivity contribution in [1.82, 2.24) is 15.5 Å². The van der Waals surface area contributed by atoms with Crippen molar-refractivity contribution >= 4 is 12.1 Å². The number of rotatable bonds is 0. The minimum atomic E-state index is -0.758. The topological polar surface area (TPSA) is 85.2 Å². The lowest BCUT2D eigenvalue weighted by molar-refractivity contribution is 0.204. The summed E-state index contributed by atoms with van der Waals surface area (Å²) < 4.78 is 0. The fourth-order valence-electron chi connectivity index (χ4n) is 0.407. The van der Waals surface area contributed by atoms with E-state index in [0.717, 1.165) is 0 Å². The number of imide groups is 1. The summed E-state index contributed by atoms with van der Waals surface area (Å²) in [5.41, 5.74) is 0. The van der Waals surface area contributed by atoms with E-state index in [2.05, 4.69) is 10.6 Å². The highest BCUT2D eigenvalue weighted by Crippen LogP contribution is 1.85. The average Bonchev–Trinajstić information content (AvgIpc) is 2.05. The maximum absolute atomic E-state index is 10.7. The first kappa shape index (κ1) is 9.23. The molecule has 0 heterocycles. The molecule has 0 rings (SSSR count). The molecule has 0 aromatic rings. The van der Waals surface area contributed by atoms with E-state index < -0.39 is 12.1 Å². The molecule has 0 atom stereocenters.